The number of ether oxygens (including phenoxy) is 2. The number of hydrogen-bond acceptors (Lipinski definition) is 5. The summed E-state index contributed by atoms with van der Waals surface area (Å²) in [5.74, 6) is 0.809. The maximum Gasteiger partial charge on any atom is 0.193 e. The largest absolute Gasteiger partial charge is 0.497 e. The van der Waals surface area contributed by atoms with Crippen molar-refractivity contribution in [1.82, 2.24) is 4.90 Å². The molecule has 1 atom stereocenters. The van der Waals surface area contributed by atoms with Gasteiger partial charge in [0.25, 0.3) is 0 Å². The number of Topliss-reactive ketones (excluding diaryl/α,β-unsaturated/α-hetero) is 1. The average Bonchev–Trinajstić information content (AvgIpc) is 3.02. The van der Waals surface area contributed by atoms with Crippen LogP contribution in [0.4, 0.5) is 4.39 Å². The number of piperidine rings is 1. The van der Waals surface area contributed by atoms with Gasteiger partial charge in [0.2, 0.25) is 0 Å². The fourth-order valence-corrected chi connectivity index (χ4v) is 5.61. The third kappa shape index (κ3) is 6.23. The number of nitrogens with zero attached hydrogens (tertiary/aromatic N) is 1. The van der Waals surface area contributed by atoms with E-state index in [2.05, 4.69) is 4.90 Å². The number of ketones is 2. The van der Waals surface area contributed by atoms with Crippen molar-refractivity contribution in [1.29, 1.82) is 0 Å². The highest BCUT2D eigenvalue weighted by atomic mass is 19.1. The van der Waals surface area contributed by atoms with Crippen molar-refractivity contribution in [2.24, 2.45) is 5.92 Å². The van der Waals surface area contributed by atoms with Crippen LogP contribution in [0, 0.1) is 18.7 Å². The lowest BCUT2D eigenvalue weighted by Gasteiger charge is -2.32. The Kier molecular flexibility index (Phi) is 8.60. The smallest absolute Gasteiger partial charge is 0.193 e. The highest BCUT2D eigenvalue weighted by molar-refractivity contribution is 6.13. The molecule has 4 aromatic carbocycles. The molecule has 0 amide bonds. The van der Waals surface area contributed by atoms with Gasteiger partial charge in [-0.3, -0.25) is 14.5 Å². The van der Waals surface area contributed by atoms with Crippen LogP contribution in [0.1, 0.15) is 50.2 Å². The summed E-state index contributed by atoms with van der Waals surface area (Å²) in [7, 11) is 3.16. The second-order valence-electron chi connectivity index (χ2n) is 10.5. The molecule has 0 saturated carbocycles. The highest BCUT2D eigenvalue weighted by Gasteiger charge is 2.27. The second-order valence-corrected chi connectivity index (χ2v) is 10.5. The number of halogens is 1. The molecule has 1 saturated heterocycles. The first-order valence-electron chi connectivity index (χ1n) is 13.9. The number of methoxy groups -OCH3 is 2. The maximum atomic E-state index is 14.5. The first-order chi connectivity index (χ1) is 19.9. The summed E-state index contributed by atoms with van der Waals surface area (Å²) in [5.41, 5.74) is 4.49. The van der Waals surface area contributed by atoms with E-state index < -0.39 is 0 Å². The van der Waals surface area contributed by atoms with Crippen LogP contribution in [0.25, 0.3) is 11.1 Å². The molecule has 4 aromatic rings. The summed E-state index contributed by atoms with van der Waals surface area (Å²) < 4.78 is 25.2. The average molecular weight is 552 g/mol. The van der Waals surface area contributed by atoms with Gasteiger partial charge in [0.1, 0.15) is 17.3 Å². The third-order valence-corrected chi connectivity index (χ3v) is 7.86. The van der Waals surface area contributed by atoms with Crippen molar-refractivity contribution in [3.05, 3.63) is 119 Å². The van der Waals surface area contributed by atoms with Crippen molar-refractivity contribution < 1.29 is 23.5 Å². The molecule has 1 fully saturated rings. The predicted molar refractivity (Wildman–Crippen MR) is 158 cm³/mol. The third-order valence-electron chi connectivity index (χ3n) is 7.86. The first-order valence-corrected chi connectivity index (χ1v) is 13.9. The number of likely N-dealkylation sites (tertiary alicyclic amines) is 1. The molecule has 0 aliphatic carbocycles. The van der Waals surface area contributed by atoms with Gasteiger partial charge in [0.05, 0.1) is 14.2 Å². The summed E-state index contributed by atoms with van der Waals surface area (Å²) in [6, 6.07) is 25.1. The van der Waals surface area contributed by atoms with Crippen molar-refractivity contribution in [2.75, 3.05) is 27.3 Å². The van der Waals surface area contributed by atoms with E-state index >= 15 is 0 Å². The van der Waals surface area contributed by atoms with Gasteiger partial charge in [-0.15, -0.1) is 0 Å². The van der Waals surface area contributed by atoms with E-state index in [1.807, 2.05) is 42.5 Å². The van der Waals surface area contributed by atoms with Crippen molar-refractivity contribution >= 4 is 11.6 Å². The molecular formula is C35H34FNO4. The van der Waals surface area contributed by atoms with Crippen molar-refractivity contribution in [3.63, 3.8) is 0 Å². The highest BCUT2D eigenvalue weighted by Crippen LogP contribution is 2.32. The molecule has 0 aromatic heterocycles. The van der Waals surface area contributed by atoms with Gasteiger partial charge in [-0.05, 0) is 85.0 Å². The lowest BCUT2D eigenvalue weighted by molar-refractivity contribution is 0.0811. The quantitative estimate of drug-likeness (QED) is 0.207. The molecule has 0 spiro atoms. The molecule has 1 unspecified atom stereocenters. The molecule has 1 aliphatic rings. The van der Waals surface area contributed by atoms with E-state index in [4.69, 9.17) is 9.47 Å². The van der Waals surface area contributed by atoms with Gasteiger partial charge < -0.3 is 9.47 Å². The Labute approximate surface area is 240 Å². The molecule has 5 rings (SSSR count). The van der Waals surface area contributed by atoms with E-state index in [9.17, 15) is 14.0 Å². The molecule has 0 bridgehead atoms. The van der Waals surface area contributed by atoms with E-state index in [-0.39, 0.29) is 23.3 Å². The number of benzene rings is 4. The van der Waals surface area contributed by atoms with Crippen molar-refractivity contribution in [2.45, 2.75) is 26.3 Å². The maximum absolute atomic E-state index is 14.5. The molecule has 5 nitrogen and oxygen atoms in total. The van der Waals surface area contributed by atoms with E-state index in [0.717, 1.165) is 24.9 Å². The van der Waals surface area contributed by atoms with Crippen LogP contribution >= 0.6 is 0 Å². The Morgan fingerprint density at radius 1 is 0.854 bits per heavy atom. The summed E-state index contributed by atoms with van der Waals surface area (Å²) in [5, 5.41) is 0. The Morgan fingerprint density at radius 3 is 2.27 bits per heavy atom. The van der Waals surface area contributed by atoms with Crippen LogP contribution in [0.15, 0.2) is 84.9 Å². The van der Waals surface area contributed by atoms with E-state index in [0.29, 0.717) is 58.0 Å². The summed E-state index contributed by atoms with van der Waals surface area (Å²) in [4.78, 5) is 29.5. The van der Waals surface area contributed by atoms with Crippen LogP contribution in [0.5, 0.6) is 11.5 Å². The lowest BCUT2D eigenvalue weighted by Crippen LogP contribution is -2.38. The topological polar surface area (TPSA) is 55.8 Å². The van der Waals surface area contributed by atoms with Gasteiger partial charge in [-0.1, -0.05) is 48.5 Å². The summed E-state index contributed by atoms with van der Waals surface area (Å²) in [6.07, 6.45) is 1.75. The van der Waals surface area contributed by atoms with Crippen LogP contribution in [-0.4, -0.2) is 43.8 Å². The minimum absolute atomic E-state index is 0.108. The van der Waals surface area contributed by atoms with E-state index in [1.54, 1.807) is 57.5 Å². The minimum atomic E-state index is -0.314. The molecule has 6 heteroatoms. The van der Waals surface area contributed by atoms with Crippen LogP contribution in [-0.2, 0) is 6.54 Å². The van der Waals surface area contributed by atoms with Crippen LogP contribution < -0.4 is 9.47 Å². The number of carbonyl (C=O) groups is 2. The van der Waals surface area contributed by atoms with Crippen molar-refractivity contribution in [3.8, 4) is 22.6 Å². The zero-order valence-electron chi connectivity index (χ0n) is 23.7. The Morgan fingerprint density at radius 2 is 1.54 bits per heavy atom. The lowest BCUT2D eigenvalue weighted by atomic mass is 9.88. The molecule has 1 aliphatic heterocycles. The Bertz CT molecular complexity index is 1580. The monoisotopic (exact) mass is 551 g/mol. The summed E-state index contributed by atoms with van der Waals surface area (Å²) in [6.45, 7) is 3.83. The fraction of sp³-hybridized carbons (Fsp3) is 0.257. The number of hydrogen-bond donors (Lipinski definition) is 0. The first kappa shape index (κ1) is 28.2. The molecular weight excluding hydrogens is 517 g/mol. The molecule has 0 N–H and O–H groups in total. The zero-order chi connectivity index (χ0) is 28.9. The second kappa shape index (κ2) is 12.5. The normalized spacial score (nSPS) is 15.4. The minimum Gasteiger partial charge on any atom is -0.497 e. The van der Waals surface area contributed by atoms with E-state index in [1.165, 1.54) is 6.07 Å². The predicted octanol–water partition coefficient (Wildman–Crippen LogP) is 7.14. The standard InChI is InChI=1S/C35H34FNO4/c1-23-30(13-6-14-33(23)36)31-16-15-24(18-32(31)35(39)26-9-5-12-29(20-26)41-3)21-37-17-7-10-27(22-37)34(38)25-8-4-11-28(19-25)40-2/h4-6,8-9,11-16,18-20,27H,7,10,17,21-22H2,1-3H3. The number of carbonyl (C=O) groups excluding carboxylic acids is 2. The fourth-order valence-electron chi connectivity index (χ4n) is 5.61. The molecule has 41 heavy (non-hydrogen) atoms. The van der Waals surface area contributed by atoms with Crippen LogP contribution in [0.3, 0.4) is 0 Å². The van der Waals surface area contributed by atoms with Gasteiger partial charge >= 0.3 is 0 Å². The van der Waals surface area contributed by atoms with Gasteiger partial charge in [-0.2, -0.15) is 0 Å². The van der Waals surface area contributed by atoms with Gasteiger partial charge in [0.15, 0.2) is 11.6 Å². The van der Waals surface area contributed by atoms with Crippen LogP contribution in [0.2, 0.25) is 0 Å². The molecule has 210 valence electrons. The molecule has 0 radical (unpaired) electrons. The zero-order valence-corrected chi connectivity index (χ0v) is 23.7. The Hall–Kier alpha value is -4.29. The Balaban J connectivity index is 1.44. The van der Waals surface area contributed by atoms with Gasteiger partial charge in [-0.25, -0.2) is 4.39 Å². The summed E-state index contributed by atoms with van der Waals surface area (Å²) >= 11 is 0. The van der Waals surface area contributed by atoms with Gasteiger partial charge in [0, 0.05) is 35.7 Å². The number of rotatable bonds is 9. The SMILES string of the molecule is COc1cccc(C(=O)c2cc(CN3CCCC(C(=O)c4cccc(OC)c4)C3)ccc2-c2cccc(F)c2C)c1. The molecule has 1 heterocycles.